The predicted molar refractivity (Wildman–Crippen MR) is 120 cm³/mol. The average Bonchev–Trinajstić information content (AvgIpc) is 2.69. The Morgan fingerprint density at radius 1 is 1.21 bits per heavy atom. The molecule has 1 amide bonds. The van der Waals surface area contributed by atoms with E-state index in [2.05, 4.69) is 29.1 Å². The number of nitrogens with one attached hydrogen (secondary N) is 2. The second-order valence-electron chi connectivity index (χ2n) is 6.66. The first kappa shape index (κ1) is 22.7. The number of aliphatic imine (C=N–C) groups is 1. The molecule has 0 spiro atoms. The van der Waals surface area contributed by atoms with Crippen LogP contribution in [-0.2, 0) is 11.3 Å². The summed E-state index contributed by atoms with van der Waals surface area (Å²) >= 11 is 6.39. The zero-order valence-electron chi connectivity index (χ0n) is 17.2. The number of amidine groups is 1. The highest BCUT2D eigenvalue weighted by molar-refractivity contribution is 6.34. The van der Waals surface area contributed by atoms with Gasteiger partial charge in [-0.15, -0.1) is 0 Å². The third-order valence-corrected chi connectivity index (χ3v) is 4.49. The summed E-state index contributed by atoms with van der Waals surface area (Å²) in [6.07, 6.45) is 2.11. The third-order valence-electron chi connectivity index (χ3n) is 4.16. The molecule has 0 aromatic heterocycles. The molecule has 0 unspecified atom stereocenters. The van der Waals surface area contributed by atoms with Crippen LogP contribution >= 0.6 is 11.6 Å². The van der Waals surface area contributed by atoms with Crippen LogP contribution in [0.2, 0.25) is 5.02 Å². The number of unbranched alkanes of at least 4 members (excludes halogenated alkanes) is 1. The molecule has 5 nitrogen and oxygen atoms in total. The Hall–Kier alpha value is -2.63. The monoisotopic (exact) mass is 413 g/mol. The van der Waals surface area contributed by atoms with Crippen molar-refractivity contribution in [3.8, 4) is 5.75 Å². The topological polar surface area (TPSA) is 62.7 Å². The van der Waals surface area contributed by atoms with Crippen molar-refractivity contribution in [2.24, 2.45) is 4.99 Å². The van der Waals surface area contributed by atoms with E-state index in [9.17, 15) is 4.79 Å². The first-order chi connectivity index (χ1) is 13.9. The van der Waals surface area contributed by atoms with Crippen molar-refractivity contribution in [3.63, 3.8) is 0 Å². The van der Waals surface area contributed by atoms with E-state index >= 15 is 0 Å². The van der Waals surface area contributed by atoms with Gasteiger partial charge in [0.2, 0.25) is 5.91 Å². The fraction of sp³-hybridized carbons (Fsp3) is 0.304. The number of carbonyl (C=O) groups excluding carboxylic acids is 1. The van der Waals surface area contributed by atoms with Crippen molar-refractivity contribution in [2.45, 2.75) is 33.2 Å². The van der Waals surface area contributed by atoms with Crippen molar-refractivity contribution in [1.29, 1.82) is 0 Å². The fourth-order valence-electron chi connectivity index (χ4n) is 2.67. The van der Waals surface area contributed by atoms with E-state index in [0.29, 0.717) is 35.3 Å². The van der Waals surface area contributed by atoms with Gasteiger partial charge in [0.1, 0.15) is 11.6 Å². The molecule has 2 rings (SSSR count). The molecular formula is C23H28ClN3O2. The minimum absolute atomic E-state index is 0.230. The fourth-order valence-corrected chi connectivity index (χ4v) is 2.87. The van der Waals surface area contributed by atoms with Gasteiger partial charge < -0.3 is 15.4 Å². The molecule has 0 aliphatic heterocycles. The summed E-state index contributed by atoms with van der Waals surface area (Å²) in [5, 5.41) is 6.38. The Labute approximate surface area is 177 Å². The number of hydrogen-bond donors (Lipinski definition) is 2. The summed E-state index contributed by atoms with van der Waals surface area (Å²) in [5.74, 6) is 0.948. The second kappa shape index (κ2) is 11.4. The van der Waals surface area contributed by atoms with Gasteiger partial charge in [0.25, 0.3) is 0 Å². The number of benzene rings is 2. The van der Waals surface area contributed by atoms with Gasteiger partial charge >= 0.3 is 0 Å². The van der Waals surface area contributed by atoms with Crippen molar-refractivity contribution < 1.29 is 9.53 Å². The van der Waals surface area contributed by atoms with Crippen molar-refractivity contribution in [2.75, 3.05) is 13.7 Å². The van der Waals surface area contributed by atoms with Crippen LogP contribution < -0.4 is 15.4 Å². The summed E-state index contributed by atoms with van der Waals surface area (Å²) in [6.45, 7) is 9.00. The number of nitrogens with zero attached hydrogens (tertiary/aromatic N) is 1. The molecular weight excluding hydrogens is 386 g/mol. The van der Waals surface area contributed by atoms with Gasteiger partial charge in [-0.05, 0) is 61.0 Å². The molecule has 0 aliphatic carbocycles. The molecule has 2 aromatic carbocycles. The molecule has 0 atom stereocenters. The van der Waals surface area contributed by atoms with Crippen molar-refractivity contribution in [3.05, 3.63) is 70.8 Å². The molecule has 2 aromatic rings. The van der Waals surface area contributed by atoms with E-state index in [1.807, 2.05) is 43.4 Å². The maximum Gasteiger partial charge on any atom is 0.222 e. The maximum absolute atomic E-state index is 11.7. The molecule has 0 saturated carbocycles. The van der Waals surface area contributed by atoms with E-state index in [-0.39, 0.29) is 5.91 Å². The van der Waals surface area contributed by atoms with Crippen LogP contribution in [-0.4, -0.2) is 25.4 Å². The minimum Gasteiger partial charge on any atom is -0.494 e. The largest absolute Gasteiger partial charge is 0.494 e. The Morgan fingerprint density at radius 3 is 2.55 bits per heavy atom. The quantitative estimate of drug-likeness (QED) is 0.353. The number of ether oxygens (including phenoxy) is 1. The third kappa shape index (κ3) is 7.04. The molecule has 0 radical (unpaired) electrons. The maximum atomic E-state index is 11.7. The van der Waals surface area contributed by atoms with Crippen LogP contribution in [0.5, 0.6) is 5.75 Å². The number of hydrogen-bond acceptors (Lipinski definition) is 4. The lowest BCUT2D eigenvalue weighted by atomic mass is 10.1. The van der Waals surface area contributed by atoms with Gasteiger partial charge in [0.05, 0.1) is 17.3 Å². The van der Waals surface area contributed by atoms with E-state index in [4.69, 9.17) is 16.3 Å². The molecule has 2 N–H and O–H groups in total. The van der Waals surface area contributed by atoms with Gasteiger partial charge in [0.15, 0.2) is 0 Å². The van der Waals surface area contributed by atoms with E-state index in [0.717, 1.165) is 29.7 Å². The van der Waals surface area contributed by atoms with Crippen LogP contribution in [0.4, 0.5) is 0 Å². The summed E-state index contributed by atoms with van der Waals surface area (Å²) in [5.41, 5.74) is 3.03. The van der Waals surface area contributed by atoms with E-state index in [1.54, 1.807) is 6.07 Å². The van der Waals surface area contributed by atoms with Crippen LogP contribution in [0.3, 0.4) is 0 Å². The Morgan fingerprint density at radius 2 is 1.93 bits per heavy atom. The first-order valence-electron chi connectivity index (χ1n) is 9.66. The molecule has 6 heteroatoms. The highest BCUT2D eigenvalue weighted by atomic mass is 35.5. The van der Waals surface area contributed by atoms with Gasteiger partial charge in [-0.25, -0.2) is 4.99 Å². The first-order valence-corrected chi connectivity index (χ1v) is 10.0. The predicted octanol–water partition coefficient (Wildman–Crippen LogP) is 4.79. The normalized spacial score (nSPS) is 11.2. The van der Waals surface area contributed by atoms with Crippen LogP contribution in [0.25, 0.3) is 5.70 Å². The van der Waals surface area contributed by atoms with Gasteiger partial charge in [-0.3, -0.25) is 4.79 Å². The van der Waals surface area contributed by atoms with Crippen molar-refractivity contribution >= 4 is 29.0 Å². The molecule has 0 aliphatic rings. The molecule has 0 fully saturated rings. The summed E-state index contributed by atoms with van der Waals surface area (Å²) in [7, 11) is 1.87. The molecule has 29 heavy (non-hydrogen) atoms. The Balaban J connectivity index is 2.29. The standard InChI is InChI=1S/C23H28ClN3O2/c1-5-6-13-29-20-10-8-19(9-11-20)16(2)26-23(27-17(3)28)21-14-18(15-25-4)7-12-22(21)24/h7-12,14,25H,2,5-6,13,15H2,1,3-4H3,(H,26,27,28). The number of amides is 1. The number of rotatable bonds is 9. The second-order valence-corrected chi connectivity index (χ2v) is 7.07. The van der Waals surface area contributed by atoms with E-state index < -0.39 is 0 Å². The zero-order valence-corrected chi connectivity index (χ0v) is 18.0. The van der Waals surface area contributed by atoms with Gasteiger partial charge in [-0.2, -0.15) is 0 Å². The van der Waals surface area contributed by atoms with Crippen LogP contribution in [0.1, 0.15) is 43.4 Å². The number of carbonyl (C=O) groups is 1. The Bertz CT molecular complexity index is 876. The highest BCUT2D eigenvalue weighted by Crippen LogP contribution is 2.22. The zero-order chi connectivity index (χ0) is 21.2. The SMILES string of the molecule is C=C(N=C(NC(C)=O)c1cc(CNC)ccc1Cl)c1ccc(OCCCC)cc1. The summed E-state index contributed by atoms with van der Waals surface area (Å²) < 4.78 is 5.69. The average molecular weight is 414 g/mol. The molecule has 0 saturated heterocycles. The van der Waals surface area contributed by atoms with Crippen molar-refractivity contribution in [1.82, 2.24) is 10.6 Å². The smallest absolute Gasteiger partial charge is 0.222 e. The Kier molecular flexibility index (Phi) is 8.90. The molecule has 0 bridgehead atoms. The highest BCUT2D eigenvalue weighted by Gasteiger charge is 2.12. The number of halogens is 1. The van der Waals surface area contributed by atoms with Crippen LogP contribution in [0.15, 0.2) is 54.0 Å². The van der Waals surface area contributed by atoms with Gasteiger partial charge in [-0.1, -0.05) is 37.6 Å². The van der Waals surface area contributed by atoms with E-state index in [1.165, 1.54) is 6.92 Å². The lowest BCUT2D eigenvalue weighted by Gasteiger charge is -2.13. The summed E-state index contributed by atoms with van der Waals surface area (Å²) in [6, 6.07) is 13.2. The minimum atomic E-state index is -0.230. The molecule has 0 heterocycles. The lowest BCUT2D eigenvalue weighted by Crippen LogP contribution is -2.29. The van der Waals surface area contributed by atoms with Crippen LogP contribution in [0, 0.1) is 0 Å². The molecule has 154 valence electrons. The summed E-state index contributed by atoms with van der Waals surface area (Å²) in [4.78, 5) is 16.3. The lowest BCUT2D eigenvalue weighted by molar-refractivity contribution is -0.117. The van der Waals surface area contributed by atoms with Gasteiger partial charge in [0, 0.05) is 19.0 Å².